The van der Waals surface area contributed by atoms with Crippen molar-refractivity contribution in [3.8, 4) is 16.9 Å². The number of amides is 4. The smallest absolute Gasteiger partial charge is 0.271 e. The van der Waals surface area contributed by atoms with Crippen LogP contribution in [0.25, 0.3) is 11.1 Å². The van der Waals surface area contributed by atoms with E-state index >= 15 is 0 Å². The van der Waals surface area contributed by atoms with Gasteiger partial charge in [-0.05, 0) is 49.0 Å². The minimum absolute atomic E-state index is 0.0123. The van der Waals surface area contributed by atoms with Gasteiger partial charge in [0.25, 0.3) is 23.6 Å². The molecule has 10 heteroatoms. The van der Waals surface area contributed by atoms with E-state index < -0.39 is 11.8 Å². The summed E-state index contributed by atoms with van der Waals surface area (Å²) in [6, 6.07) is 10.9. The molecule has 2 aromatic rings. The summed E-state index contributed by atoms with van der Waals surface area (Å²) < 4.78 is 5.52. The van der Waals surface area contributed by atoms with Crippen LogP contribution in [0.5, 0.6) is 5.75 Å². The molecule has 38 heavy (non-hydrogen) atoms. The van der Waals surface area contributed by atoms with Gasteiger partial charge < -0.3 is 24.8 Å². The predicted molar refractivity (Wildman–Crippen MR) is 143 cm³/mol. The van der Waals surface area contributed by atoms with Gasteiger partial charge in [-0.2, -0.15) is 0 Å². The van der Waals surface area contributed by atoms with E-state index in [0.717, 1.165) is 16.7 Å². The molecule has 2 aliphatic rings. The fourth-order valence-electron chi connectivity index (χ4n) is 4.33. The molecule has 198 valence electrons. The highest BCUT2D eigenvalue weighted by molar-refractivity contribution is 6.08. The van der Waals surface area contributed by atoms with Crippen LogP contribution in [-0.2, 0) is 20.9 Å². The Balaban J connectivity index is 1.51. The van der Waals surface area contributed by atoms with Crippen molar-refractivity contribution in [2.75, 3.05) is 52.8 Å². The molecular formula is C28H31N5O5. The molecule has 0 unspecified atom stereocenters. The first-order valence-corrected chi connectivity index (χ1v) is 12.1. The molecule has 0 bridgehead atoms. The Kier molecular flexibility index (Phi) is 7.36. The summed E-state index contributed by atoms with van der Waals surface area (Å²) >= 11 is 0. The molecule has 0 radical (unpaired) electrons. The summed E-state index contributed by atoms with van der Waals surface area (Å²) in [5.41, 5.74) is 3.23. The van der Waals surface area contributed by atoms with Gasteiger partial charge in [-0.15, -0.1) is 0 Å². The van der Waals surface area contributed by atoms with Gasteiger partial charge in [-0.25, -0.2) is 0 Å². The molecule has 10 nitrogen and oxygen atoms in total. The quantitative estimate of drug-likeness (QED) is 0.536. The Labute approximate surface area is 221 Å². The van der Waals surface area contributed by atoms with Crippen LogP contribution in [0.1, 0.15) is 15.9 Å². The summed E-state index contributed by atoms with van der Waals surface area (Å²) in [7, 11) is 7.11. The molecule has 0 saturated heterocycles. The second-order valence-corrected chi connectivity index (χ2v) is 9.56. The third-order valence-electron chi connectivity index (χ3n) is 6.66. The molecule has 0 aliphatic carbocycles. The minimum atomic E-state index is -0.682. The molecule has 0 spiro atoms. The summed E-state index contributed by atoms with van der Waals surface area (Å²) in [6.07, 6.45) is 0. The maximum Gasteiger partial charge on any atom is 0.271 e. The van der Waals surface area contributed by atoms with Gasteiger partial charge in [0.05, 0.1) is 17.9 Å². The molecule has 2 aliphatic heterocycles. The van der Waals surface area contributed by atoms with Crippen molar-refractivity contribution in [2.45, 2.75) is 6.54 Å². The highest BCUT2D eigenvalue weighted by Gasteiger charge is 2.34. The van der Waals surface area contributed by atoms with Crippen LogP contribution < -0.4 is 15.0 Å². The van der Waals surface area contributed by atoms with E-state index in [-0.39, 0.29) is 36.4 Å². The summed E-state index contributed by atoms with van der Waals surface area (Å²) in [5.74, 6) is -1.02. The number of benzene rings is 2. The Morgan fingerprint density at radius 1 is 1.05 bits per heavy atom. The second-order valence-electron chi connectivity index (χ2n) is 9.56. The lowest BCUT2D eigenvalue weighted by Gasteiger charge is -2.26. The van der Waals surface area contributed by atoms with Gasteiger partial charge in [0.1, 0.15) is 11.4 Å². The summed E-state index contributed by atoms with van der Waals surface area (Å²) in [5, 5.41) is 2.48. The number of fused-ring (bicyclic) bond motifs is 2. The lowest BCUT2D eigenvalue weighted by Crippen LogP contribution is -2.41. The number of carbonyl (C=O) groups excluding carboxylic acids is 4. The predicted octanol–water partition coefficient (Wildman–Crippen LogP) is 1.83. The Hall–Kier alpha value is -4.44. The molecule has 0 atom stereocenters. The largest absolute Gasteiger partial charge is 0.482 e. The topological polar surface area (TPSA) is 102 Å². The number of hydrogen-bond donors (Lipinski definition) is 1. The average molecular weight is 518 g/mol. The highest BCUT2D eigenvalue weighted by Crippen LogP contribution is 2.39. The maximum absolute atomic E-state index is 13.2. The van der Waals surface area contributed by atoms with Crippen LogP contribution >= 0.6 is 0 Å². The van der Waals surface area contributed by atoms with Crippen molar-refractivity contribution in [1.82, 2.24) is 20.0 Å². The number of carbonyl (C=O) groups is 4. The summed E-state index contributed by atoms with van der Waals surface area (Å²) in [4.78, 5) is 57.1. The average Bonchev–Trinajstić information content (AvgIpc) is 3.24. The highest BCUT2D eigenvalue weighted by atomic mass is 16.5. The molecule has 0 aromatic heterocycles. The molecule has 0 fully saturated rings. The van der Waals surface area contributed by atoms with Crippen molar-refractivity contribution in [3.05, 3.63) is 72.1 Å². The summed E-state index contributed by atoms with van der Waals surface area (Å²) in [6.45, 7) is 8.75. The fraction of sp³-hybridized carbons (Fsp3) is 0.286. The number of nitrogens with zero attached hydrogens (tertiary/aromatic N) is 4. The number of rotatable bonds is 8. The van der Waals surface area contributed by atoms with E-state index in [4.69, 9.17) is 4.74 Å². The van der Waals surface area contributed by atoms with Crippen molar-refractivity contribution < 1.29 is 23.9 Å². The molecule has 4 amide bonds. The fourth-order valence-corrected chi connectivity index (χ4v) is 4.33. The zero-order valence-electron chi connectivity index (χ0n) is 22.0. The molecule has 2 heterocycles. The third-order valence-corrected chi connectivity index (χ3v) is 6.66. The zero-order valence-corrected chi connectivity index (χ0v) is 22.0. The second kappa shape index (κ2) is 10.5. The van der Waals surface area contributed by atoms with Crippen molar-refractivity contribution in [1.29, 1.82) is 0 Å². The number of likely N-dealkylation sites (N-methyl/N-ethyl adjacent to an activating group) is 3. The van der Waals surface area contributed by atoms with E-state index in [1.54, 1.807) is 37.2 Å². The van der Waals surface area contributed by atoms with Crippen LogP contribution in [0.4, 0.5) is 5.69 Å². The van der Waals surface area contributed by atoms with Crippen molar-refractivity contribution in [3.63, 3.8) is 0 Å². The minimum Gasteiger partial charge on any atom is -0.482 e. The number of anilines is 1. The van der Waals surface area contributed by atoms with E-state index in [2.05, 4.69) is 18.5 Å². The molecule has 0 saturated carbocycles. The number of nitrogens with one attached hydrogen (secondary N) is 1. The zero-order chi connectivity index (χ0) is 27.7. The molecule has 2 aromatic carbocycles. The van der Waals surface area contributed by atoms with Gasteiger partial charge in [-0.1, -0.05) is 31.4 Å². The van der Waals surface area contributed by atoms with E-state index in [9.17, 15) is 19.2 Å². The number of hydrogen-bond acceptors (Lipinski definition) is 6. The van der Waals surface area contributed by atoms with E-state index in [1.807, 2.05) is 37.2 Å². The molecular weight excluding hydrogens is 486 g/mol. The monoisotopic (exact) mass is 517 g/mol. The van der Waals surface area contributed by atoms with Gasteiger partial charge >= 0.3 is 0 Å². The third kappa shape index (κ3) is 5.03. The van der Waals surface area contributed by atoms with Crippen LogP contribution in [-0.4, -0.2) is 86.2 Å². The first kappa shape index (κ1) is 26.6. The maximum atomic E-state index is 13.2. The Morgan fingerprint density at radius 2 is 1.76 bits per heavy atom. The Bertz CT molecular complexity index is 1370. The van der Waals surface area contributed by atoms with Crippen LogP contribution in [0, 0.1) is 0 Å². The van der Waals surface area contributed by atoms with Gasteiger partial charge in [0.2, 0.25) is 0 Å². The van der Waals surface area contributed by atoms with Gasteiger partial charge in [-0.3, -0.25) is 24.1 Å². The van der Waals surface area contributed by atoms with E-state index in [1.165, 1.54) is 9.80 Å². The van der Waals surface area contributed by atoms with Gasteiger partial charge in [0, 0.05) is 32.7 Å². The van der Waals surface area contributed by atoms with Crippen LogP contribution in [0.3, 0.4) is 0 Å². The van der Waals surface area contributed by atoms with Crippen molar-refractivity contribution >= 4 is 29.3 Å². The normalized spacial score (nSPS) is 14.1. The molecule has 4 rings (SSSR count). The van der Waals surface area contributed by atoms with Crippen molar-refractivity contribution in [2.24, 2.45) is 0 Å². The van der Waals surface area contributed by atoms with Crippen LogP contribution in [0.2, 0.25) is 0 Å². The lowest BCUT2D eigenvalue weighted by atomic mass is 9.96. The molecule has 1 N–H and O–H groups in total. The van der Waals surface area contributed by atoms with Gasteiger partial charge in [0.15, 0.2) is 6.61 Å². The number of ether oxygens (including phenoxy) is 1. The van der Waals surface area contributed by atoms with Crippen LogP contribution in [0.15, 0.2) is 61.0 Å². The first-order chi connectivity index (χ1) is 18.0. The first-order valence-electron chi connectivity index (χ1n) is 12.1. The standard InChI is InChI=1S/C28H31N5O5/c1-17(27(36)31(5)13-12-30(3)4)29-26(35)18(2)33-15-22-20(8-7-9-21(22)28(33)37)19-10-11-24-23(14-19)32(6)25(34)16-38-24/h7-11,14H,1-2,12-13,15-16H2,3-6H3,(H,29,35). The lowest BCUT2D eigenvalue weighted by molar-refractivity contribution is -0.128. The Morgan fingerprint density at radius 3 is 2.47 bits per heavy atom. The SMILES string of the molecule is C=C(NC(=O)C(=C)N1Cc2c(cccc2-c2ccc3c(c2)N(C)C(=O)CO3)C1=O)C(=O)N(C)CCN(C)C. The van der Waals surface area contributed by atoms with E-state index in [0.29, 0.717) is 30.1 Å².